The minimum absolute atomic E-state index is 0.320. The van der Waals surface area contributed by atoms with Crippen molar-refractivity contribution in [1.29, 1.82) is 0 Å². The summed E-state index contributed by atoms with van der Waals surface area (Å²) in [4.78, 5) is 21.8. The first-order valence-electron chi connectivity index (χ1n) is 14.9. The van der Waals surface area contributed by atoms with Gasteiger partial charge in [-0.25, -0.2) is 0 Å². The number of aliphatic carboxylic acids is 1. The van der Waals surface area contributed by atoms with Crippen molar-refractivity contribution < 1.29 is 9.90 Å². The molecule has 3 heterocycles. The Hall–Kier alpha value is -3.02. The molecule has 5 heteroatoms. The van der Waals surface area contributed by atoms with Crippen LogP contribution in [0.15, 0.2) is 73.1 Å². The van der Waals surface area contributed by atoms with Crippen molar-refractivity contribution >= 4 is 5.97 Å². The van der Waals surface area contributed by atoms with E-state index in [1.165, 1.54) is 27.8 Å². The Bertz CT molecular complexity index is 1280. The van der Waals surface area contributed by atoms with Crippen molar-refractivity contribution in [3.05, 3.63) is 101 Å². The molecule has 2 fully saturated rings. The largest absolute Gasteiger partial charge is 0.480 e. The van der Waals surface area contributed by atoms with Crippen molar-refractivity contribution in [1.82, 2.24) is 14.8 Å². The van der Waals surface area contributed by atoms with Gasteiger partial charge >= 0.3 is 5.97 Å². The molecule has 1 aromatic heterocycles. The average molecular weight is 540 g/mol. The second-order valence-corrected chi connectivity index (χ2v) is 13.2. The summed E-state index contributed by atoms with van der Waals surface area (Å²) in [5.41, 5.74) is 6.27. The summed E-state index contributed by atoms with van der Waals surface area (Å²) in [7, 11) is 0. The van der Waals surface area contributed by atoms with E-state index in [1.54, 1.807) is 0 Å². The van der Waals surface area contributed by atoms with Gasteiger partial charge in [-0.3, -0.25) is 14.7 Å². The van der Waals surface area contributed by atoms with Crippen LogP contribution in [-0.2, 0) is 11.2 Å². The van der Waals surface area contributed by atoms with Crippen LogP contribution < -0.4 is 0 Å². The fourth-order valence-electron chi connectivity index (χ4n) is 7.09. The molecule has 2 saturated heterocycles. The van der Waals surface area contributed by atoms with Gasteiger partial charge in [-0.15, -0.1) is 0 Å². The van der Waals surface area contributed by atoms with E-state index in [-0.39, 0.29) is 5.41 Å². The van der Waals surface area contributed by atoms with Gasteiger partial charge in [-0.1, -0.05) is 87.0 Å². The van der Waals surface area contributed by atoms with Crippen LogP contribution in [0.25, 0.3) is 0 Å². The van der Waals surface area contributed by atoms with Crippen LogP contribution >= 0.6 is 0 Å². The van der Waals surface area contributed by atoms with Crippen LogP contribution in [0.3, 0.4) is 0 Å². The predicted molar refractivity (Wildman–Crippen MR) is 162 cm³/mol. The zero-order valence-corrected chi connectivity index (χ0v) is 24.6. The summed E-state index contributed by atoms with van der Waals surface area (Å²) in [6.45, 7) is 13.1. The van der Waals surface area contributed by atoms with E-state index in [0.29, 0.717) is 17.8 Å². The molecule has 3 atom stereocenters. The third-order valence-corrected chi connectivity index (χ3v) is 8.98. The lowest BCUT2D eigenvalue weighted by atomic mass is 9.85. The van der Waals surface area contributed by atoms with E-state index >= 15 is 0 Å². The average Bonchev–Trinajstić information content (AvgIpc) is 3.31. The summed E-state index contributed by atoms with van der Waals surface area (Å²) >= 11 is 0. The molecule has 0 bridgehead atoms. The standard InChI is InChI=1S/C35H45N3O2/c1-25-9-8-12-29(17-25)32-24-38(33(34(39)40)35(2,3)4)23-31(32)22-37-15-13-28(14-16-37)30-19-27(20-36-21-30)18-26-10-6-5-7-11-26/h5-12,17,19-21,28,31-33H,13-16,18,22-24H2,1-4H3,(H,39,40). The molecule has 0 radical (unpaired) electrons. The maximum Gasteiger partial charge on any atom is 0.321 e. The molecule has 2 aromatic carbocycles. The quantitative estimate of drug-likeness (QED) is 0.360. The fraction of sp³-hybridized carbons (Fsp3) is 0.486. The molecule has 2 aliphatic rings. The van der Waals surface area contributed by atoms with E-state index in [4.69, 9.17) is 0 Å². The molecule has 1 N–H and O–H groups in total. The van der Waals surface area contributed by atoms with E-state index in [2.05, 4.69) is 109 Å². The number of carboxylic acids is 1. The number of aryl methyl sites for hydroxylation is 1. The highest BCUT2D eigenvalue weighted by atomic mass is 16.4. The molecule has 0 spiro atoms. The molecule has 0 saturated carbocycles. The highest BCUT2D eigenvalue weighted by molar-refractivity contribution is 5.74. The van der Waals surface area contributed by atoms with Crippen LogP contribution in [0.1, 0.15) is 73.3 Å². The Kier molecular flexibility index (Phi) is 8.72. The topological polar surface area (TPSA) is 56.7 Å². The Morgan fingerprint density at radius 2 is 1.70 bits per heavy atom. The Morgan fingerprint density at radius 1 is 0.950 bits per heavy atom. The first-order chi connectivity index (χ1) is 19.2. The normalized spacial score (nSPS) is 21.9. The van der Waals surface area contributed by atoms with Gasteiger partial charge in [0.05, 0.1) is 0 Å². The molecule has 2 aliphatic heterocycles. The number of nitrogens with zero attached hydrogens (tertiary/aromatic N) is 3. The molecular formula is C35H45N3O2. The zero-order chi connectivity index (χ0) is 28.3. The summed E-state index contributed by atoms with van der Waals surface area (Å²) in [5, 5.41) is 10.2. The van der Waals surface area contributed by atoms with E-state index in [1.807, 2.05) is 6.20 Å². The van der Waals surface area contributed by atoms with E-state index < -0.39 is 12.0 Å². The lowest BCUT2D eigenvalue weighted by Crippen LogP contribution is -2.48. The number of rotatable bonds is 8. The molecule has 212 valence electrons. The lowest BCUT2D eigenvalue weighted by Gasteiger charge is -2.36. The molecule has 0 amide bonds. The minimum atomic E-state index is -0.708. The maximum atomic E-state index is 12.4. The zero-order valence-electron chi connectivity index (χ0n) is 24.6. The van der Waals surface area contributed by atoms with Gasteiger partial charge in [0, 0.05) is 37.9 Å². The minimum Gasteiger partial charge on any atom is -0.480 e. The Morgan fingerprint density at radius 3 is 2.38 bits per heavy atom. The second-order valence-electron chi connectivity index (χ2n) is 13.2. The summed E-state index contributed by atoms with van der Waals surface area (Å²) in [6.07, 6.45) is 7.27. The molecule has 5 rings (SSSR count). The first-order valence-corrected chi connectivity index (χ1v) is 14.9. The summed E-state index contributed by atoms with van der Waals surface area (Å²) in [6, 6.07) is 21.3. The van der Waals surface area contributed by atoms with Crippen molar-refractivity contribution in [2.75, 3.05) is 32.7 Å². The van der Waals surface area contributed by atoms with E-state index in [0.717, 1.165) is 52.0 Å². The molecular weight excluding hydrogens is 494 g/mol. The van der Waals surface area contributed by atoms with Gasteiger partial charge < -0.3 is 10.0 Å². The van der Waals surface area contributed by atoms with Crippen LogP contribution in [0.5, 0.6) is 0 Å². The number of aromatic nitrogens is 1. The van der Waals surface area contributed by atoms with Crippen molar-refractivity contribution in [2.24, 2.45) is 11.3 Å². The van der Waals surface area contributed by atoms with Crippen LogP contribution in [0, 0.1) is 18.3 Å². The van der Waals surface area contributed by atoms with E-state index in [9.17, 15) is 9.90 Å². The van der Waals surface area contributed by atoms with Gasteiger partial charge in [0.25, 0.3) is 0 Å². The third-order valence-electron chi connectivity index (χ3n) is 8.98. The predicted octanol–water partition coefficient (Wildman–Crippen LogP) is 6.38. The van der Waals surface area contributed by atoms with Gasteiger partial charge in [0.2, 0.25) is 0 Å². The molecule has 3 unspecified atom stereocenters. The third kappa shape index (κ3) is 6.82. The highest BCUT2D eigenvalue weighted by Gasteiger charge is 2.44. The fourth-order valence-corrected chi connectivity index (χ4v) is 7.09. The SMILES string of the molecule is Cc1cccc(C2CN(C(C(=O)O)C(C)(C)C)CC2CN2CCC(c3cncc(Cc4ccccc4)c3)CC2)c1. The van der Waals surface area contributed by atoms with Crippen LogP contribution in [-0.4, -0.2) is 64.6 Å². The number of piperidine rings is 1. The smallest absolute Gasteiger partial charge is 0.321 e. The number of carboxylic acid groups (broad SMARTS) is 1. The number of hydrogen-bond donors (Lipinski definition) is 1. The Labute approximate surface area is 240 Å². The monoisotopic (exact) mass is 539 g/mol. The van der Waals surface area contributed by atoms with Crippen molar-refractivity contribution in [2.45, 2.75) is 64.8 Å². The summed E-state index contributed by atoms with van der Waals surface area (Å²) in [5.74, 6) is 0.601. The number of pyridine rings is 1. The lowest BCUT2D eigenvalue weighted by molar-refractivity contribution is -0.147. The summed E-state index contributed by atoms with van der Waals surface area (Å²) < 4.78 is 0. The molecule has 40 heavy (non-hydrogen) atoms. The van der Waals surface area contributed by atoms with Crippen LogP contribution in [0.4, 0.5) is 0 Å². The van der Waals surface area contributed by atoms with Gasteiger partial charge in [0.15, 0.2) is 0 Å². The first kappa shape index (κ1) is 28.5. The van der Waals surface area contributed by atoms with Crippen molar-refractivity contribution in [3.8, 4) is 0 Å². The van der Waals surface area contributed by atoms with Crippen molar-refractivity contribution in [3.63, 3.8) is 0 Å². The molecule has 5 nitrogen and oxygen atoms in total. The number of carbonyl (C=O) groups is 1. The van der Waals surface area contributed by atoms with Gasteiger partial charge in [0.1, 0.15) is 6.04 Å². The number of hydrogen-bond acceptors (Lipinski definition) is 4. The van der Waals surface area contributed by atoms with Gasteiger partial charge in [-0.2, -0.15) is 0 Å². The van der Waals surface area contributed by atoms with Crippen LogP contribution in [0.2, 0.25) is 0 Å². The molecule has 0 aliphatic carbocycles. The number of likely N-dealkylation sites (tertiary alicyclic amines) is 2. The molecule has 3 aromatic rings. The van der Waals surface area contributed by atoms with Gasteiger partial charge in [-0.05, 0) is 78.8 Å². The Balaban J connectivity index is 1.25. The maximum absolute atomic E-state index is 12.4. The highest BCUT2D eigenvalue weighted by Crippen LogP contribution is 2.39. The number of benzene rings is 2. The second kappa shape index (κ2) is 12.2.